The van der Waals surface area contributed by atoms with Crippen LogP contribution >= 0.6 is 0 Å². The largest absolute Gasteiger partial charge is 0.484 e. The van der Waals surface area contributed by atoms with Crippen LogP contribution in [0, 0.1) is 6.92 Å². The van der Waals surface area contributed by atoms with Crippen LogP contribution in [0.25, 0.3) is 11.1 Å². The molecule has 0 unspecified atom stereocenters. The maximum Gasteiger partial charge on any atom is 0.419 e. The maximum absolute atomic E-state index is 13.2. The zero-order valence-corrected chi connectivity index (χ0v) is 18.4. The van der Waals surface area contributed by atoms with Crippen LogP contribution in [-0.2, 0) is 26.6 Å². The van der Waals surface area contributed by atoms with E-state index in [-0.39, 0.29) is 49.2 Å². The molecule has 1 saturated heterocycles. The SMILES string of the molecule is Cc1cc2c(cc1S(=O)(=O)N1CCN(C(=O)COC3=CCCC=C3)CC1)oc(=O)n2C. The molecule has 9 nitrogen and oxygen atoms in total. The summed E-state index contributed by atoms with van der Waals surface area (Å²) < 4.78 is 39.8. The average Bonchev–Trinajstić information content (AvgIpc) is 3.05. The number of rotatable bonds is 5. The van der Waals surface area contributed by atoms with Crippen LogP contribution in [0.4, 0.5) is 0 Å². The number of piperazine rings is 1. The van der Waals surface area contributed by atoms with E-state index in [0.717, 1.165) is 12.8 Å². The van der Waals surface area contributed by atoms with Gasteiger partial charge in [0, 0.05) is 39.3 Å². The first-order chi connectivity index (χ1) is 14.8. The number of carbonyl (C=O) groups is 1. The first-order valence-corrected chi connectivity index (χ1v) is 11.6. The number of ether oxygens (including phenoxy) is 1. The minimum Gasteiger partial charge on any atom is -0.484 e. The molecule has 0 atom stereocenters. The lowest BCUT2D eigenvalue weighted by Gasteiger charge is -2.34. The Kier molecular flexibility index (Phi) is 5.76. The molecule has 1 aromatic heterocycles. The van der Waals surface area contributed by atoms with Crippen molar-refractivity contribution in [3.63, 3.8) is 0 Å². The highest BCUT2D eigenvalue weighted by Gasteiger charge is 2.32. The average molecular weight is 448 g/mol. The van der Waals surface area contributed by atoms with Crippen molar-refractivity contribution in [3.05, 3.63) is 52.2 Å². The third kappa shape index (κ3) is 4.17. The van der Waals surface area contributed by atoms with Gasteiger partial charge in [0.2, 0.25) is 10.0 Å². The molecule has 0 spiro atoms. The van der Waals surface area contributed by atoms with Gasteiger partial charge in [-0.2, -0.15) is 4.31 Å². The molecule has 2 heterocycles. The van der Waals surface area contributed by atoms with Crippen LogP contribution in [0.3, 0.4) is 0 Å². The van der Waals surface area contributed by atoms with Gasteiger partial charge in [0.1, 0.15) is 5.76 Å². The number of oxazole rings is 1. The number of aryl methyl sites for hydroxylation is 2. The first-order valence-electron chi connectivity index (χ1n) is 10.1. The number of fused-ring (bicyclic) bond motifs is 1. The molecule has 1 amide bonds. The molecule has 166 valence electrons. The molecule has 4 rings (SSSR count). The molecule has 1 aromatic carbocycles. The number of sulfonamides is 1. The summed E-state index contributed by atoms with van der Waals surface area (Å²) in [6, 6.07) is 3.04. The summed E-state index contributed by atoms with van der Waals surface area (Å²) in [5, 5.41) is 0. The van der Waals surface area contributed by atoms with E-state index in [4.69, 9.17) is 9.15 Å². The number of benzene rings is 1. The lowest BCUT2D eigenvalue weighted by molar-refractivity contribution is -0.135. The Balaban J connectivity index is 1.43. The van der Waals surface area contributed by atoms with Gasteiger partial charge in [-0.3, -0.25) is 9.36 Å². The summed E-state index contributed by atoms with van der Waals surface area (Å²) in [5.74, 6) is -0.0161. The minimum absolute atomic E-state index is 0.0638. The van der Waals surface area contributed by atoms with Crippen molar-refractivity contribution in [3.8, 4) is 0 Å². The van der Waals surface area contributed by atoms with E-state index in [1.54, 1.807) is 24.9 Å². The van der Waals surface area contributed by atoms with Crippen LogP contribution in [0.1, 0.15) is 18.4 Å². The molecule has 0 bridgehead atoms. The summed E-state index contributed by atoms with van der Waals surface area (Å²) in [6.07, 6.45) is 7.68. The number of allylic oxidation sites excluding steroid dienone is 3. The van der Waals surface area contributed by atoms with E-state index >= 15 is 0 Å². The molecule has 0 N–H and O–H groups in total. The highest BCUT2D eigenvalue weighted by atomic mass is 32.2. The Labute approximate surface area is 180 Å². The number of nitrogens with zero attached hydrogens (tertiary/aromatic N) is 3. The van der Waals surface area contributed by atoms with Crippen molar-refractivity contribution < 1.29 is 22.4 Å². The van der Waals surface area contributed by atoms with Crippen LogP contribution in [0.5, 0.6) is 0 Å². The predicted octanol–water partition coefficient (Wildman–Crippen LogP) is 1.52. The van der Waals surface area contributed by atoms with Crippen LogP contribution in [0.2, 0.25) is 0 Å². The Morgan fingerprint density at radius 1 is 1.16 bits per heavy atom. The predicted molar refractivity (Wildman–Crippen MR) is 114 cm³/mol. The lowest BCUT2D eigenvalue weighted by Crippen LogP contribution is -2.51. The molecular weight excluding hydrogens is 422 g/mol. The number of hydrogen-bond acceptors (Lipinski definition) is 6. The summed E-state index contributed by atoms with van der Waals surface area (Å²) in [7, 11) is -2.22. The summed E-state index contributed by atoms with van der Waals surface area (Å²) >= 11 is 0. The Bertz CT molecular complexity index is 1230. The number of carbonyl (C=O) groups excluding carboxylic acids is 1. The summed E-state index contributed by atoms with van der Waals surface area (Å²) in [5.41, 5.74) is 1.30. The van der Waals surface area contributed by atoms with Crippen molar-refractivity contribution in [2.45, 2.75) is 24.7 Å². The minimum atomic E-state index is -3.79. The van der Waals surface area contributed by atoms with Gasteiger partial charge < -0.3 is 14.1 Å². The molecule has 1 aliphatic heterocycles. The van der Waals surface area contributed by atoms with Gasteiger partial charge in [0.25, 0.3) is 5.91 Å². The second-order valence-electron chi connectivity index (χ2n) is 7.67. The van der Waals surface area contributed by atoms with Gasteiger partial charge in [0.05, 0.1) is 10.4 Å². The number of aromatic nitrogens is 1. The van der Waals surface area contributed by atoms with Gasteiger partial charge in [0.15, 0.2) is 12.2 Å². The number of amides is 1. The maximum atomic E-state index is 13.2. The van der Waals surface area contributed by atoms with Gasteiger partial charge >= 0.3 is 5.76 Å². The molecule has 1 aliphatic carbocycles. The molecule has 1 fully saturated rings. The molecule has 2 aromatic rings. The van der Waals surface area contributed by atoms with Gasteiger partial charge in [-0.05, 0) is 43.5 Å². The quantitative estimate of drug-likeness (QED) is 0.689. The van der Waals surface area contributed by atoms with Crippen molar-refractivity contribution in [1.29, 1.82) is 0 Å². The van der Waals surface area contributed by atoms with Crippen molar-refractivity contribution in [1.82, 2.24) is 13.8 Å². The normalized spacial score (nSPS) is 17.7. The standard InChI is InChI=1S/C21H25N3O6S/c1-15-12-17-18(30-21(26)22(17)2)13-19(15)31(27,28)24-10-8-23(9-11-24)20(25)14-29-16-6-4-3-5-7-16/h4,6-7,12-13H,3,5,8-11,14H2,1-2H3. The van der Waals surface area contributed by atoms with Crippen molar-refractivity contribution >= 4 is 27.0 Å². The molecule has 0 saturated carbocycles. The van der Waals surface area contributed by atoms with Gasteiger partial charge in [-0.25, -0.2) is 13.2 Å². The molecule has 2 aliphatic rings. The molecular formula is C21H25N3O6S. The fourth-order valence-corrected chi connectivity index (χ4v) is 5.43. The van der Waals surface area contributed by atoms with E-state index in [9.17, 15) is 18.0 Å². The van der Waals surface area contributed by atoms with E-state index in [1.807, 2.05) is 18.2 Å². The first kappa shape index (κ1) is 21.4. The van der Waals surface area contributed by atoms with E-state index in [2.05, 4.69) is 0 Å². The highest BCUT2D eigenvalue weighted by Crippen LogP contribution is 2.26. The Morgan fingerprint density at radius 3 is 2.58 bits per heavy atom. The highest BCUT2D eigenvalue weighted by molar-refractivity contribution is 7.89. The van der Waals surface area contributed by atoms with E-state index < -0.39 is 15.8 Å². The lowest BCUT2D eigenvalue weighted by atomic mass is 10.2. The monoisotopic (exact) mass is 447 g/mol. The van der Waals surface area contributed by atoms with Gasteiger partial charge in [-0.1, -0.05) is 6.08 Å². The van der Waals surface area contributed by atoms with Crippen LogP contribution in [-0.4, -0.2) is 60.9 Å². The number of hydrogen-bond donors (Lipinski definition) is 0. The van der Waals surface area contributed by atoms with Gasteiger partial charge in [-0.15, -0.1) is 0 Å². The fraction of sp³-hybridized carbons (Fsp3) is 0.429. The summed E-state index contributed by atoms with van der Waals surface area (Å²) in [6.45, 7) is 2.58. The summed E-state index contributed by atoms with van der Waals surface area (Å²) in [4.78, 5) is 25.9. The smallest absolute Gasteiger partial charge is 0.419 e. The zero-order valence-electron chi connectivity index (χ0n) is 17.5. The third-order valence-corrected chi connectivity index (χ3v) is 7.66. The Hall–Kier alpha value is -2.85. The third-order valence-electron chi connectivity index (χ3n) is 5.62. The van der Waals surface area contributed by atoms with Crippen molar-refractivity contribution in [2.24, 2.45) is 7.05 Å². The fourth-order valence-electron chi connectivity index (χ4n) is 3.79. The second-order valence-corrected chi connectivity index (χ2v) is 9.58. The zero-order chi connectivity index (χ0) is 22.2. The van der Waals surface area contributed by atoms with E-state index in [1.165, 1.54) is 14.9 Å². The second kappa shape index (κ2) is 8.35. The van der Waals surface area contributed by atoms with Crippen LogP contribution in [0.15, 0.2) is 50.2 Å². The Morgan fingerprint density at radius 2 is 1.90 bits per heavy atom. The van der Waals surface area contributed by atoms with Crippen molar-refractivity contribution in [2.75, 3.05) is 32.8 Å². The van der Waals surface area contributed by atoms with Crippen LogP contribution < -0.4 is 5.76 Å². The molecule has 31 heavy (non-hydrogen) atoms. The topological polar surface area (TPSA) is 102 Å². The molecule has 0 radical (unpaired) electrons. The molecule has 10 heteroatoms. The van der Waals surface area contributed by atoms with E-state index in [0.29, 0.717) is 16.8 Å².